The van der Waals surface area contributed by atoms with E-state index in [1.807, 2.05) is 0 Å². The van der Waals surface area contributed by atoms with E-state index in [0.29, 0.717) is 11.1 Å². The fourth-order valence-electron chi connectivity index (χ4n) is 1.31. The molecule has 1 N–H and O–H groups in total. The number of hydrogen-bond acceptors (Lipinski definition) is 2. The molecule has 0 aliphatic carbocycles. The molecule has 0 fully saturated rings. The van der Waals surface area contributed by atoms with E-state index in [0.717, 1.165) is 0 Å². The van der Waals surface area contributed by atoms with Crippen molar-refractivity contribution in [1.29, 1.82) is 0 Å². The summed E-state index contributed by atoms with van der Waals surface area (Å²) in [6.45, 7) is 1.60. The molecule has 1 aromatic carbocycles. The number of carbonyl (C=O) groups excluding carboxylic acids is 2. The third-order valence-electron chi connectivity index (χ3n) is 2.34. The molecule has 0 saturated heterocycles. The highest BCUT2D eigenvalue weighted by Crippen LogP contribution is 2.11. The molecule has 1 rings (SSSR count). The van der Waals surface area contributed by atoms with Gasteiger partial charge in [0.1, 0.15) is 5.82 Å². The number of rotatable bonds is 4. The van der Waals surface area contributed by atoms with Gasteiger partial charge in [0.15, 0.2) is 5.78 Å². The summed E-state index contributed by atoms with van der Waals surface area (Å²) in [6.07, 6.45) is 0.302. The Bertz CT molecular complexity index is 415. The van der Waals surface area contributed by atoms with Crippen LogP contribution in [0.2, 0.25) is 0 Å². The zero-order chi connectivity index (χ0) is 12.1. The van der Waals surface area contributed by atoms with Gasteiger partial charge in [0.2, 0.25) is 5.91 Å². The highest BCUT2D eigenvalue weighted by molar-refractivity contribution is 5.98. The van der Waals surface area contributed by atoms with Crippen molar-refractivity contribution < 1.29 is 14.0 Å². The first-order valence-electron chi connectivity index (χ1n) is 5.04. The lowest BCUT2D eigenvalue weighted by Crippen LogP contribution is -2.18. The van der Waals surface area contributed by atoms with Crippen molar-refractivity contribution in [1.82, 2.24) is 5.32 Å². The summed E-state index contributed by atoms with van der Waals surface area (Å²) < 4.78 is 13.0. The average Bonchev–Trinajstić information content (AvgIpc) is 2.29. The van der Waals surface area contributed by atoms with Gasteiger partial charge >= 0.3 is 0 Å². The highest BCUT2D eigenvalue weighted by Gasteiger charge is 2.09. The van der Waals surface area contributed by atoms with Crippen LogP contribution in [0.5, 0.6) is 0 Å². The SMILES string of the molecule is CNC(=O)CCC(=O)c1ccc(F)c(C)c1. The molecule has 4 heteroatoms. The smallest absolute Gasteiger partial charge is 0.220 e. The lowest BCUT2D eigenvalue weighted by Gasteiger charge is -2.02. The quantitative estimate of drug-likeness (QED) is 0.792. The van der Waals surface area contributed by atoms with Gasteiger partial charge in [0.05, 0.1) is 0 Å². The van der Waals surface area contributed by atoms with E-state index in [4.69, 9.17) is 0 Å². The van der Waals surface area contributed by atoms with E-state index in [1.165, 1.54) is 25.2 Å². The molecule has 0 aliphatic rings. The van der Waals surface area contributed by atoms with Crippen LogP contribution in [-0.2, 0) is 4.79 Å². The number of ketones is 1. The van der Waals surface area contributed by atoms with E-state index in [1.54, 1.807) is 6.92 Å². The normalized spacial score (nSPS) is 9.94. The molecule has 0 aromatic heterocycles. The Morgan fingerprint density at radius 2 is 2.00 bits per heavy atom. The third kappa shape index (κ3) is 3.15. The van der Waals surface area contributed by atoms with Crippen molar-refractivity contribution in [3.63, 3.8) is 0 Å². The van der Waals surface area contributed by atoms with E-state index < -0.39 is 0 Å². The van der Waals surface area contributed by atoms with Crippen LogP contribution in [-0.4, -0.2) is 18.7 Å². The average molecular weight is 223 g/mol. The van der Waals surface area contributed by atoms with E-state index in [9.17, 15) is 14.0 Å². The number of hydrogen-bond donors (Lipinski definition) is 1. The molecule has 16 heavy (non-hydrogen) atoms. The van der Waals surface area contributed by atoms with Gasteiger partial charge in [-0.05, 0) is 30.7 Å². The second-order valence-electron chi connectivity index (χ2n) is 3.56. The Hall–Kier alpha value is -1.71. The predicted octanol–water partition coefficient (Wildman–Crippen LogP) is 1.84. The molecular weight excluding hydrogens is 209 g/mol. The zero-order valence-corrected chi connectivity index (χ0v) is 9.34. The summed E-state index contributed by atoms with van der Waals surface area (Å²) in [5, 5.41) is 2.44. The Morgan fingerprint density at radius 3 is 2.56 bits per heavy atom. The molecule has 0 unspecified atom stereocenters. The van der Waals surface area contributed by atoms with Crippen molar-refractivity contribution in [2.75, 3.05) is 7.05 Å². The molecule has 86 valence electrons. The van der Waals surface area contributed by atoms with E-state index in [2.05, 4.69) is 5.32 Å². The highest BCUT2D eigenvalue weighted by atomic mass is 19.1. The minimum absolute atomic E-state index is 0.144. The molecule has 0 atom stereocenters. The van der Waals surface area contributed by atoms with Crippen molar-refractivity contribution in [3.8, 4) is 0 Å². The van der Waals surface area contributed by atoms with Gasteiger partial charge in [-0.25, -0.2) is 4.39 Å². The standard InChI is InChI=1S/C12H14FNO2/c1-8-7-9(3-4-10(8)13)11(15)5-6-12(16)14-2/h3-4,7H,5-6H2,1-2H3,(H,14,16). The lowest BCUT2D eigenvalue weighted by molar-refractivity contribution is -0.120. The predicted molar refractivity (Wildman–Crippen MR) is 58.8 cm³/mol. The van der Waals surface area contributed by atoms with Crippen molar-refractivity contribution in [2.24, 2.45) is 0 Å². The first-order valence-corrected chi connectivity index (χ1v) is 5.04. The zero-order valence-electron chi connectivity index (χ0n) is 9.34. The third-order valence-corrected chi connectivity index (χ3v) is 2.34. The minimum atomic E-state index is -0.331. The molecule has 0 radical (unpaired) electrons. The van der Waals surface area contributed by atoms with Crippen LogP contribution in [0.4, 0.5) is 4.39 Å². The topological polar surface area (TPSA) is 46.2 Å². The molecule has 1 amide bonds. The van der Waals surface area contributed by atoms with Crippen molar-refractivity contribution >= 4 is 11.7 Å². The first-order chi connectivity index (χ1) is 7.54. The Balaban J connectivity index is 2.66. The molecule has 0 spiro atoms. The lowest BCUT2D eigenvalue weighted by atomic mass is 10.0. The van der Waals surface area contributed by atoms with Crippen LogP contribution in [0.3, 0.4) is 0 Å². The fraction of sp³-hybridized carbons (Fsp3) is 0.333. The van der Waals surface area contributed by atoms with Crippen molar-refractivity contribution in [2.45, 2.75) is 19.8 Å². The van der Waals surface area contributed by atoms with Crippen LogP contribution < -0.4 is 5.32 Å². The monoisotopic (exact) mass is 223 g/mol. The molecule has 0 saturated carbocycles. The van der Waals surface area contributed by atoms with Crippen LogP contribution in [0.25, 0.3) is 0 Å². The van der Waals surface area contributed by atoms with Gasteiger partial charge in [0.25, 0.3) is 0 Å². The van der Waals surface area contributed by atoms with Gasteiger partial charge < -0.3 is 5.32 Å². The maximum atomic E-state index is 13.0. The summed E-state index contributed by atoms with van der Waals surface area (Å²) in [6, 6.07) is 4.21. The van der Waals surface area contributed by atoms with Crippen LogP contribution in [0.15, 0.2) is 18.2 Å². The number of aryl methyl sites for hydroxylation is 1. The van der Waals surface area contributed by atoms with Gasteiger partial charge in [-0.15, -0.1) is 0 Å². The van der Waals surface area contributed by atoms with Crippen LogP contribution >= 0.6 is 0 Å². The number of carbonyl (C=O) groups is 2. The summed E-state index contributed by atoms with van der Waals surface area (Å²) in [5.41, 5.74) is 0.883. The summed E-state index contributed by atoms with van der Waals surface area (Å²) in [4.78, 5) is 22.6. The molecule has 1 aromatic rings. The number of amides is 1. The maximum absolute atomic E-state index is 13.0. The van der Waals surface area contributed by atoms with E-state index in [-0.39, 0.29) is 30.3 Å². The van der Waals surface area contributed by atoms with E-state index >= 15 is 0 Å². The second-order valence-corrected chi connectivity index (χ2v) is 3.56. The van der Waals surface area contributed by atoms with Crippen molar-refractivity contribution in [3.05, 3.63) is 35.1 Å². The summed E-state index contributed by atoms with van der Waals surface area (Å²) in [5.74, 6) is -0.651. The summed E-state index contributed by atoms with van der Waals surface area (Å²) in [7, 11) is 1.52. The maximum Gasteiger partial charge on any atom is 0.220 e. The molecular formula is C12H14FNO2. The first kappa shape index (κ1) is 12.4. The molecule has 0 aliphatic heterocycles. The van der Waals surface area contributed by atoms with Gasteiger partial charge in [0, 0.05) is 25.5 Å². The molecule has 0 heterocycles. The van der Waals surface area contributed by atoms with Gasteiger partial charge in [-0.1, -0.05) is 0 Å². The fourth-order valence-corrected chi connectivity index (χ4v) is 1.31. The molecule has 3 nitrogen and oxygen atoms in total. The van der Waals surface area contributed by atoms with Gasteiger partial charge in [-0.3, -0.25) is 9.59 Å². The van der Waals surface area contributed by atoms with Crippen LogP contribution in [0, 0.1) is 12.7 Å². The number of halogens is 1. The Morgan fingerprint density at radius 1 is 1.31 bits per heavy atom. The minimum Gasteiger partial charge on any atom is -0.359 e. The largest absolute Gasteiger partial charge is 0.359 e. The number of benzene rings is 1. The summed E-state index contributed by atoms with van der Waals surface area (Å²) >= 11 is 0. The van der Waals surface area contributed by atoms with Crippen LogP contribution in [0.1, 0.15) is 28.8 Å². The van der Waals surface area contributed by atoms with Gasteiger partial charge in [-0.2, -0.15) is 0 Å². The Labute approximate surface area is 93.7 Å². The Kier molecular flexibility index (Phi) is 4.17. The second kappa shape index (κ2) is 5.39. The number of nitrogens with one attached hydrogen (secondary N) is 1. The molecule has 0 bridgehead atoms. The number of Topliss-reactive ketones (excluding diaryl/α,β-unsaturated/α-hetero) is 1.